The third-order valence-corrected chi connectivity index (χ3v) is 3.43. The minimum absolute atomic E-state index is 0.736. The van der Waals surface area contributed by atoms with E-state index in [4.69, 9.17) is 0 Å². The molecule has 0 fully saturated rings. The fraction of sp³-hybridized carbons (Fsp3) is 0.385. The number of rotatable bonds is 3. The Balaban J connectivity index is 2.39. The predicted molar refractivity (Wildman–Crippen MR) is 69.1 cm³/mol. The van der Waals surface area contributed by atoms with Crippen molar-refractivity contribution >= 4 is 26.8 Å². The summed E-state index contributed by atoms with van der Waals surface area (Å²) in [7, 11) is 0. The molecule has 1 atom stereocenters. The highest BCUT2D eigenvalue weighted by molar-refractivity contribution is 9.10. The molecule has 2 rings (SSSR count). The van der Waals surface area contributed by atoms with Crippen LogP contribution in [0.1, 0.15) is 20.3 Å². The molecule has 2 aromatic rings. The van der Waals surface area contributed by atoms with Gasteiger partial charge in [-0.3, -0.25) is 0 Å². The zero-order valence-electron chi connectivity index (χ0n) is 9.20. The van der Waals surface area contributed by atoms with Crippen molar-refractivity contribution in [2.75, 3.05) is 0 Å². The molecule has 0 saturated carbocycles. The molecule has 0 amide bonds. The Kier molecular flexibility index (Phi) is 3.15. The molecular weight excluding hydrogens is 250 g/mol. The summed E-state index contributed by atoms with van der Waals surface area (Å²) in [5.41, 5.74) is 1.32. The summed E-state index contributed by atoms with van der Waals surface area (Å²) in [6.45, 7) is 5.65. The first-order valence-electron chi connectivity index (χ1n) is 5.45. The molecule has 0 N–H and O–H groups in total. The van der Waals surface area contributed by atoms with Gasteiger partial charge in [-0.2, -0.15) is 0 Å². The maximum Gasteiger partial charge on any atom is 0.0491 e. The molecular formula is C13H16BrN. The van der Waals surface area contributed by atoms with E-state index < -0.39 is 0 Å². The van der Waals surface area contributed by atoms with Crippen molar-refractivity contribution in [1.82, 2.24) is 4.57 Å². The summed E-state index contributed by atoms with van der Waals surface area (Å²) < 4.78 is 3.49. The Morgan fingerprint density at radius 3 is 2.87 bits per heavy atom. The van der Waals surface area contributed by atoms with Crippen molar-refractivity contribution in [3.05, 3.63) is 34.9 Å². The molecule has 1 aromatic heterocycles. The lowest BCUT2D eigenvalue weighted by atomic mass is 10.1. The molecule has 0 spiro atoms. The average molecular weight is 266 g/mol. The summed E-state index contributed by atoms with van der Waals surface area (Å²) in [4.78, 5) is 0. The number of hydrogen-bond acceptors (Lipinski definition) is 0. The lowest BCUT2D eigenvalue weighted by molar-refractivity contribution is 0.477. The van der Waals surface area contributed by atoms with Crippen LogP contribution in [0.2, 0.25) is 0 Å². The van der Waals surface area contributed by atoms with Crippen LogP contribution in [0.25, 0.3) is 10.9 Å². The van der Waals surface area contributed by atoms with Crippen molar-refractivity contribution < 1.29 is 0 Å². The Bertz CT molecular complexity index is 459. The fourth-order valence-electron chi connectivity index (χ4n) is 1.78. The zero-order valence-corrected chi connectivity index (χ0v) is 10.8. The van der Waals surface area contributed by atoms with E-state index in [1.165, 1.54) is 17.3 Å². The zero-order chi connectivity index (χ0) is 10.8. The van der Waals surface area contributed by atoms with Gasteiger partial charge >= 0.3 is 0 Å². The molecule has 0 saturated heterocycles. The van der Waals surface area contributed by atoms with Crippen LogP contribution in [-0.2, 0) is 6.54 Å². The van der Waals surface area contributed by atoms with Crippen LogP contribution in [0.5, 0.6) is 0 Å². The Hall–Kier alpha value is -0.760. The van der Waals surface area contributed by atoms with Crippen LogP contribution in [-0.4, -0.2) is 4.57 Å². The van der Waals surface area contributed by atoms with Crippen molar-refractivity contribution in [2.24, 2.45) is 5.92 Å². The Labute approximate surface area is 99.2 Å². The maximum atomic E-state index is 3.52. The molecule has 1 aromatic carbocycles. The van der Waals surface area contributed by atoms with Gasteiger partial charge in [0.1, 0.15) is 0 Å². The number of fused-ring (bicyclic) bond motifs is 1. The minimum atomic E-state index is 0.736. The molecule has 2 heteroatoms. The standard InChI is InChI=1S/C13H16BrN/c1-3-10(2)9-15-7-6-11-4-5-12(14)8-13(11)15/h4-8,10H,3,9H2,1-2H3. The van der Waals surface area contributed by atoms with Gasteiger partial charge in [-0.25, -0.2) is 0 Å². The van der Waals surface area contributed by atoms with Crippen molar-refractivity contribution in [3.63, 3.8) is 0 Å². The quantitative estimate of drug-likeness (QED) is 0.773. The van der Waals surface area contributed by atoms with E-state index in [9.17, 15) is 0 Å². The van der Waals surface area contributed by atoms with Gasteiger partial charge in [-0.1, -0.05) is 42.3 Å². The summed E-state index contributed by atoms with van der Waals surface area (Å²) in [5, 5.41) is 1.32. The number of nitrogens with zero attached hydrogens (tertiary/aromatic N) is 1. The molecule has 0 radical (unpaired) electrons. The highest BCUT2D eigenvalue weighted by atomic mass is 79.9. The van der Waals surface area contributed by atoms with E-state index in [1.54, 1.807) is 0 Å². The largest absolute Gasteiger partial charge is 0.347 e. The lowest BCUT2D eigenvalue weighted by Gasteiger charge is -2.11. The molecule has 0 bridgehead atoms. The molecule has 1 nitrogen and oxygen atoms in total. The SMILES string of the molecule is CCC(C)Cn1ccc2ccc(Br)cc21. The topological polar surface area (TPSA) is 4.93 Å². The fourth-order valence-corrected chi connectivity index (χ4v) is 2.13. The number of aromatic nitrogens is 1. The van der Waals surface area contributed by atoms with Crippen LogP contribution < -0.4 is 0 Å². The highest BCUT2D eigenvalue weighted by Crippen LogP contribution is 2.22. The Morgan fingerprint density at radius 2 is 2.13 bits per heavy atom. The van der Waals surface area contributed by atoms with Crippen molar-refractivity contribution in [1.29, 1.82) is 0 Å². The summed E-state index contributed by atoms with van der Waals surface area (Å²) in [5.74, 6) is 0.736. The monoisotopic (exact) mass is 265 g/mol. The first-order chi connectivity index (χ1) is 7.20. The van der Waals surface area contributed by atoms with Gasteiger partial charge in [-0.15, -0.1) is 0 Å². The summed E-state index contributed by atoms with van der Waals surface area (Å²) in [6.07, 6.45) is 3.41. The van der Waals surface area contributed by atoms with Crippen LogP contribution in [0.3, 0.4) is 0 Å². The van der Waals surface area contributed by atoms with E-state index in [2.05, 4.69) is 64.8 Å². The second-order valence-electron chi connectivity index (χ2n) is 4.18. The molecule has 0 aliphatic rings. The third kappa shape index (κ3) is 2.25. The first kappa shape index (κ1) is 10.7. The second-order valence-corrected chi connectivity index (χ2v) is 5.10. The van der Waals surface area contributed by atoms with Gasteiger partial charge in [-0.05, 0) is 29.5 Å². The van der Waals surface area contributed by atoms with E-state index >= 15 is 0 Å². The average Bonchev–Trinajstić information content (AvgIpc) is 2.61. The first-order valence-corrected chi connectivity index (χ1v) is 6.24. The molecule has 15 heavy (non-hydrogen) atoms. The van der Waals surface area contributed by atoms with Gasteiger partial charge in [0, 0.05) is 22.7 Å². The van der Waals surface area contributed by atoms with Gasteiger partial charge < -0.3 is 4.57 Å². The molecule has 0 aliphatic heterocycles. The summed E-state index contributed by atoms with van der Waals surface area (Å²) >= 11 is 3.52. The molecule has 80 valence electrons. The predicted octanol–water partition coefficient (Wildman–Crippen LogP) is 4.45. The van der Waals surface area contributed by atoms with E-state index in [0.29, 0.717) is 0 Å². The molecule has 0 aliphatic carbocycles. The maximum absolute atomic E-state index is 3.52. The van der Waals surface area contributed by atoms with E-state index in [-0.39, 0.29) is 0 Å². The van der Waals surface area contributed by atoms with Gasteiger partial charge in [0.15, 0.2) is 0 Å². The second kappa shape index (κ2) is 4.40. The van der Waals surface area contributed by atoms with Crippen LogP contribution in [0, 0.1) is 5.92 Å². The third-order valence-electron chi connectivity index (χ3n) is 2.94. The smallest absolute Gasteiger partial charge is 0.0491 e. The van der Waals surface area contributed by atoms with E-state index in [1.807, 2.05) is 0 Å². The minimum Gasteiger partial charge on any atom is -0.347 e. The highest BCUT2D eigenvalue weighted by Gasteiger charge is 2.04. The lowest BCUT2D eigenvalue weighted by Crippen LogP contribution is -2.04. The van der Waals surface area contributed by atoms with Crippen molar-refractivity contribution in [3.8, 4) is 0 Å². The normalized spacial score (nSPS) is 13.3. The summed E-state index contributed by atoms with van der Waals surface area (Å²) in [6, 6.07) is 8.63. The van der Waals surface area contributed by atoms with Crippen molar-refractivity contribution in [2.45, 2.75) is 26.8 Å². The Morgan fingerprint density at radius 1 is 1.33 bits per heavy atom. The van der Waals surface area contributed by atoms with Crippen LogP contribution in [0.4, 0.5) is 0 Å². The number of benzene rings is 1. The van der Waals surface area contributed by atoms with E-state index in [0.717, 1.165) is 16.9 Å². The number of hydrogen-bond donors (Lipinski definition) is 0. The number of halogens is 1. The van der Waals surface area contributed by atoms with Gasteiger partial charge in [0.2, 0.25) is 0 Å². The van der Waals surface area contributed by atoms with Gasteiger partial charge in [0.05, 0.1) is 0 Å². The van der Waals surface area contributed by atoms with Gasteiger partial charge in [0.25, 0.3) is 0 Å². The van der Waals surface area contributed by atoms with Crippen LogP contribution >= 0.6 is 15.9 Å². The molecule has 1 heterocycles. The van der Waals surface area contributed by atoms with Crippen LogP contribution in [0.15, 0.2) is 34.9 Å². The molecule has 1 unspecified atom stereocenters.